The molecule has 68 valence electrons. The summed E-state index contributed by atoms with van der Waals surface area (Å²) in [5.41, 5.74) is 1.75. The molecule has 4 nitrogen and oxygen atoms in total. The summed E-state index contributed by atoms with van der Waals surface area (Å²) in [6.07, 6.45) is 1.36. The molecule has 0 atom stereocenters. The van der Waals surface area contributed by atoms with Gasteiger partial charge in [0.2, 0.25) is 0 Å². The van der Waals surface area contributed by atoms with Crippen molar-refractivity contribution in [2.75, 3.05) is 7.11 Å². The molecule has 1 aromatic rings. The van der Waals surface area contributed by atoms with Crippen molar-refractivity contribution in [1.29, 1.82) is 0 Å². The highest BCUT2D eigenvalue weighted by molar-refractivity contribution is 5.89. The Labute approximate surface area is 76.2 Å². The molecule has 1 rings (SSSR count). The first-order valence-corrected chi connectivity index (χ1v) is 3.72. The van der Waals surface area contributed by atoms with Crippen molar-refractivity contribution in [2.45, 2.75) is 6.92 Å². The third-order valence-electron chi connectivity index (χ3n) is 1.51. The summed E-state index contributed by atoms with van der Waals surface area (Å²) in [5, 5.41) is 7.46. The van der Waals surface area contributed by atoms with Gasteiger partial charge in [0.1, 0.15) is 0 Å². The smallest absolute Gasteiger partial charge is 0.339 e. The largest absolute Gasteiger partial charge is 0.465 e. The number of aromatic nitrogens is 2. The Bertz CT molecular complexity index is 347. The maximum absolute atomic E-state index is 11.1. The van der Waals surface area contributed by atoms with E-state index in [1.807, 2.05) is 0 Å². The number of hydrogen-bond donors (Lipinski definition) is 0. The summed E-state index contributed by atoms with van der Waals surface area (Å²) in [5.74, 6) is -0.419. The first-order valence-electron chi connectivity index (χ1n) is 3.72. The van der Waals surface area contributed by atoms with Gasteiger partial charge in [0, 0.05) is 0 Å². The second kappa shape index (κ2) is 3.80. The van der Waals surface area contributed by atoms with Gasteiger partial charge in [0.25, 0.3) is 0 Å². The van der Waals surface area contributed by atoms with Gasteiger partial charge in [-0.2, -0.15) is 10.2 Å². The van der Waals surface area contributed by atoms with Gasteiger partial charge < -0.3 is 4.74 Å². The highest BCUT2D eigenvalue weighted by Gasteiger charge is 2.07. The van der Waals surface area contributed by atoms with Crippen LogP contribution in [0.2, 0.25) is 0 Å². The third kappa shape index (κ3) is 2.11. The quantitative estimate of drug-likeness (QED) is 0.640. The van der Waals surface area contributed by atoms with Gasteiger partial charge >= 0.3 is 5.97 Å². The fraction of sp³-hybridized carbons (Fsp3) is 0.222. The van der Waals surface area contributed by atoms with Crippen LogP contribution >= 0.6 is 0 Å². The molecule has 0 spiro atoms. The Morgan fingerprint density at radius 1 is 1.62 bits per heavy atom. The fourth-order valence-corrected chi connectivity index (χ4v) is 0.805. The number of methoxy groups -OCH3 is 1. The van der Waals surface area contributed by atoms with Crippen LogP contribution in [0.25, 0.3) is 5.57 Å². The van der Waals surface area contributed by atoms with Gasteiger partial charge in [-0.05, 0) is 18.6 Å². The minimum atomic E-state index is -0.419. The van der Waals surface area contributed by atoms with Crippen molar-refractivity contribution in [3.63, 3.8) is 0 Å². The number of ether oxygens (including phenoxy) is 1. The molecule has 0 aliphatic heterocycles. The molecule has 0 N–H and O–H groups in total. The van der Waals surface area contributed by atoms with E-state index in [-0.39, 0.29) is 0 Å². The van der Waals surface area contributed by atoms with E-state index in [0.717, 1.165) is 5.57 Å². The van der Waals surface area contributed by atoms with Crippen LogP contribution in [0.1, 0.15) is 23.0 Å². The highest BCUT2D eigenvalue weighted by atomic mass is 16.5. The molecule has 4 heteroatoms. The molecule has 0 fully saturated rings. The van der Waals surface area contributed by atoms with E-state index in [0.29, 0.717) is 11.3 Å². The highest BCUT2D eigenvalue weighted by Crippen LogP contribution is 2.09. The zero-order valence-electron chi connectivity index (χ0n) is 7.57. The van der Waals surface area contributed by atoms with Gasteiger partial charge in [-0.1, -0.05) is 6.58 Å². The first-order chi connectivity index (χ1) is 6.15. The van der Waals surface area contributed by atoms with Crippen molar-refractivity contribution >= 4 is 11.5 Å². The lowest BCUT2D eigenvalue weighted by Gasteiger charge is -2.00. The molecule has 0 bridgehead atoms. The van der Waals surface area contributed by atoms with Crippen molar-refractivity contribution in [1.82, 2.24) is 10.2 Å². The first kappa shape index (κ1) is 9.38. The Hall–Kier alpha value is -1.71. The van der Waals surface area contributed by atoms with Crippen LogP contribution in [-0.2, 0) is 4.74 Å². The molecule has 0 saturated heterocycles. The molecule has 13 heavy (non-hydrogen) atoms. The van der Waals surface area contributed by atoms with Crippen LogP contribution in [0.4, 0.5) is 0 Å². The van der Waals surface area contributed by atoms with Crippen molar-refractivity contribution in [3.8, 4) is 0 Å². The van der Waals surface area contributed by atoms with Crippen LogP contribution in [0.15, 0.2) is 18.8 Å². The number of carbonyl (C=O) groups is 1. The Kier molecular flexibility index (Phi) is 2.74. The molecule has 0 aromatic carbocycles. The zero-order chi connectivity index (χ0) is 9.84. The van der Waals surface area contributed by atoms with Gasteiger partial charge in [-0.3, -0.25) is 0 Å². The topological polar surface area (TPSA) is 52.1 Å². The number of esters is 1. The third-order valence-corrected chi connectivity index (χ3v) is 1.51. The van der Waals surface area contributed by atoms with E-state index in [1.165, 1.54) is 13.3 Å². The lowest BCUT2D eigenvalue weighted by atomic mass is 10.2. The normalized spacial score (nSPS) is 9.38. The average Bonchev–Trinajstić information content (AvgIpc) is 2.17. The zero-order valence-corrected chi connectivity index (χ0v) is 7.57. The van der Waals surface area contributed by atoms with Crippen molar-refractivity contribution < 1.29 is 9.53 Å². The second-order valence-electron chi connectivity index (χ2n) is 2.60. The number of hydrogen-bond acceptors (Lipinski definition) is 4. The predicted octanol–water partition coefficient (Wildman–Crippen LogP) is 1.30. The van der Waals surface area contributed by atoms with E-state index < -0.39 is 5.97 Å². The van der Waals surface area contributed by atoms with Gasteiger partial charge in [-0.15, -0.1) is 0 Å². The average molecular weight is 178 g/mol. The van der Waals surface area contributed by atoms with Crippen LogP contribution < -0.4 is 0 Å². The Morgan fingerprint density at radius 3 is 2.85 bits per heavy atom. The summed E-state index contributed by atoms with van der Waals surface area (Å²) < 4.78 is 4.53. The lowest BCUT2D eigenvalue weighted by Crippen LogP contribution is -2.03. The lowest BCUT2D eigenvalue weighted by molar-refractivity contribution is 0.0600. The summed E-state index contributed by atoms with van der Waals surface area (Å²) in [6.45, 7) is 5.49. The maximum Gasteiger partial charge on any atom is 0.339 e. The molecule has 0 unspecified atom stereocenters. The Morgan fingerprint density at radius 2 is 2.31 bits per heavy atom. The summed E-state index contributed by atoms with van der Waals surface area (Å²) in [4.78, 5) is 11.1. The molecular formula is C9H10N2O2. The summed E-state index contributed by atoms with van der Waals surface area (Å²) in [7, 11) is 1.32. The fourth-order valence-electron chi connectivity index (χ4n) is 0.805. The summed E-state index contributed by atoms with van der Waals surface area (Å²) >= 11 is 0. The molecule has 1 aromatic heterocycles. The molecule has 0 aliphatic carbocycles. The van der Waals surface area contributed by atoms with Crippen LogP contribution in [0.3, 0.4) is 0 Å². The summed E-state index contributed by atoms with van der Waals surface area (Å²) in [6, 6.07) is 1.60. The standard InChI is InChI=1S/C9H10N2O2/c1-6(2)8-4-7(5-10-11-8)9(12)13-3/h4-5H,1H2,2-3H3. The van der Waals surface area contributed by atoms with Crippen LogP contribution in [0, 0.1) is 0 Å². The van der Waals surface area contributed by atoms with Gasteiger partial charge in [0.15, 0.2) is 0 Å². The minimum absolute atomic E-state index is 0.385. The number of allylic oxidation sites excluding steroid dienone is 1. The van der Waals surface area contributed by atoms with E-state index in [9.17, 15) is 4.79 Å². The van der Waals surface area contributed by atoms with Crippen LogP contribution in [-0.4, -0.2) is 23.3 Å². The van der Waals surface area contributed by atoms with E-state index in [2.05, 4.69) is 21.5 Å². The number of rotatable bonds is 2. The SMILES string of the molecule is C=C(C)c1cc(C(=O)OC)cnn1. The van der Waals surface area contributed by atoms with Crippen LogP contribution in [0.5, 0.6) is 0 Å². The second-order valence-corrected chi connectivity index (χ2v) is 2.60. The monoisotopic (exact) mass is 178 g/mol. The molecule has 0 amide bonds. The molecule has 0 radical (unpaired) electrons. The van der Waals surface area contributed by atoms with Gasteiger partial charge in [-0.25, -0.2) is 4.79 Å². The molecule has 1 heterocycles. The Balaban J connectivity index is 3.05. The van der Waals surface area contributed by atoms with E-state index in [4.69, 9.17) is 0 Å². The molecule has 0 saturated carbocycles. The maximum atomic E-state index is 11.1. The molecular weight excluding hydrogens is 168 g/mol. The van der Waals surface area contributed by atoms with Crippen molar-refractivity contribution in [2.24, 2.45) is 0 Å². The van der Waals surface area contributed by atoms with E-state index in [1.54, 1.807) is 13.0 Å². The van der Waals surface area contributed by atoms with Gasteiger partial charge in [0.05, 0.1) is 24.6 Å². The predicted molar refractivity (Wildman–Crippen MR) is 48.1 cm³/mol. The van der Waals surface area contributed by atoms with Crippen molar-refractivity contribution in [3.05, 3.63) is 30.1 Å². The number of nitrogens with zero attached hydrogens (tertiary/aromatic N) is 2. The molecule has 0 aliphatic rings. The minimum Gasteiger partial charge on any atom is -0.465 e. The number of carbonyl (C=O) groups excluding carboxylic acids is 1. The van der Waals surface area contributed by atoms with E-state index >= 15 is 0 Å².